The average Bonchev–Trinajstić information content (AvgIpc) is 2.85. The lowest BCUT2D eigenvalue weighted by atomic mass is 10.0. The van der Waals surface area contributed by atoms with Gasteiger partial charge in [0.1, 0.15) is 12.7 Å². The smallest absolute Gasteiger partial charge is 0.182 e. The van der Waals surface area contributed by atoms with Crippen LogP contribution in [-0.2, 0) is 0 Å². The lowest BCUT2D eigenvalue weighted by Crippen LogP contribution is -2.41. The third-order valence-corrected chi connectivity index (χ3v) is 3.09. The third-order valence-electron chi connectivity index (χ3n) is 3.09. The van der Waals surface area contributed by atoms with Crippen LogP contribution < -0.4 is 0 Å². The molecule has 17 heavy (non-hydrogen) atoms. The standard InChI is InChI=1S/C13H16FNO.ClH/c14-10-12(15-8-4-5-9-15)13(16)11-6-2-1-3-7-11;/h1-3,6-7,12H,4-5,8-10H2;1H. The Hall–Kier alpha value is -0.930. The molecule has 94 valence electrons. The number of alkyl halides is 1. The van der Waals surface area contributed by atoms with E-state index in [-0.39, 0.29) is 18.2 Å². The summed E-state index contributed by atoms with van der Waals surface area (Å²) in [5.74, 6) is -0.0926. The number of halogens is 2. The molecule has 0 amide bonds. The number of hydrogen-bond acceptors (Lipinski definition) is 2. The zero-order valence-corrected chi connectivity index (χ0v) is 10.5. The van der Waals surface area contributed by atoms with E-state index in [9.17, 15) is 9.18 Å². The number of carbonyl (C=O) groups excluding carboxylic acids is 1. The first-order valence-corrected chi connectivity index (χ1v) is 5.72. The third kappa shape index (κ3) is 3.27. The van der Waals surface area contributed by atoms with Crippen molar-refractivity contribution in [3.8, 4) is 0 Å². The van der Waals surface area contributed by atoms with Crippen molar-refractivity contribution in [2.24, 2.45) is 0 Å². The number of rotatable bonds is 4. The van der Waals surface area contributed by atoms with E-state index < -0.39 is 12.7 Å². The van der Waals surface area contributed by atoms with Crippen LogP contribution in [-0.4, -0.2) is 36.5 Å². The first-order chi connectivity index (χ1) is 7.83. The highest BCUT2D eigenvalue weighted by Gasteiger charge is 2.28. The van der Waals surface area contributed by atoms with Gasteiger partial charge in [-0.2, -0.15) is 0 Å². The summed E-state index contributed by atoms with van der Waals surface area (Å²) in [6, 6.07) is 8.41. The van der Waals surface area contributed by atoms with E-state index in [1.165, 1.54) is 0 Å². The Bertz CT molecular complexity index is 352. The van der Waals surface area contributed by atoms with E-state index in [2.05, 4.69) is 0 Å². The predicted octanol–water partition coefficient (Wildman–Crippen LogP) is 2.73. The maximum Gasteiger partial charge on any atom is 0.182 e. The number of nitrogens with zero attached hydrogens (tertiary/aromatic N) is 1. The molecule has 1 aliphatic rings. The van der Waals surface area contributed by atoms with Crippen LogP contribution in [0.5, 0.6) is 0 Å². The molecular formula is C13H17ClFNO. The molecular weight excluding hydrogens is 241 g/mol. The monoisotopic (exact) mass is 257 g/mol. The molecule has 4 heteroatoms. The lowest BCUT2D eigenvalue weighted by Gasteiger charge is -2.23. The minimum Gasteiger partial charge on any atom is -0.292 e. The summed E-state index contributed by atoms with van der Waals surface area (Å²) in [5, 5.41) is 0. The van der Waals surface area contributed by atoms with Crippen molar-refractivity contribution in [2.45, 2.75) is 18.9 Å². The molecule has 2 nitrogen and oxygen atoms in total. The summed E-state index contributed by atoms with van der Waals surface area (Å²) in [6.07, 6.45) is 2.14. The van der Waals surface area contributed by atoms with Crippen LogP contribution >= 0.6 is 12.4 Å². The quantitative estimate of drug-likeness (QED) is 0.773. The highest BCUT2D eigenvalue weighted by Crippen LogP contribution is 2.16. The Morgan fingerprint density at radius 3 is 2.35 bits per heavy atom. The Labute approximate surface area is 107 Å². The van der Waals surface area contributed by atoms with Gasteiger partial charge in [0.25, 0.3) is 0 Å². The molecule has 1 aromatic rings. The molecule has 1 heterocycles. The van der Waals surface area contributed by atoms with Gasteiger partial charge in [0.05, 0.1) is 0 Å². The van der Waals surface area contributed by atoms with E-state index in [0.717, 1.165) is 25.9 Å². The van der Waals surface area contributed by atoms with Crippen LogP contribution in [0.3, 0.4) is 0 Å². The molecule has 0 bridgehead atoms. The fourth-order valence-electron chi connectivity index (χ4n) is 2.18. The maximum atomic E-state index is 13.0. The van der Waals surface area contributed by atoms with Crippen molar-refractivity contribution < 1.29 is 9.18 Å². The van der Waals surface area contributed by atoms with Gasteiger partial charge in [-0.05, 0) is 25.9 Å². The first kappa shape index (κ1) is 14.1. The van der Waals surface area contributed by atoms with Gasteiger partial charge in [-0.25, -0.2) is 4.39 Å². The molecule has 0 saturated carbocycles. The van der Waals surface area contributed by atoms with Crippen molar-refractivity contribution in [2.75, 3.05) is 19.8 Å². The molecule has 1 saturated heterocycles. The number of Topliss-reactive ketones (excluding diaryl/α,β-unsaturated/α-hetero) is 1. The molecule has 0 N–H and O–H groups in total. The van der Waals surface area contributed by atoms with Gasteiger partial charge in [-0.15, -0.1) is 12.4 Å². The van der Waals surface area contributed by atoms with Crippen molar-refractivity contribution in [1.29, 1.82) is 0 Å². The maximum absolute atomic E-state index is 13.0. The molecule has 1 atom stereocenters. The van der Waals surface area contributed by atoms with Crippen molar-refractivity contribution in [3.63, 3.8) is 0 Å². The Kier molecular flexibility index (Phi) is 5.59. The summed E-state index contributed by atoms with van der Waals surface area (Å²) >= 11 is 0. The van der Waals surface area contributed by atoms with Crippen LogP contribution in [0.1, 0.15) is 23.2 Å². The molecule has 0 aliphatic carbocycles. The first-order valence-electron chi connectivity index (χ1n) is 5.72. The SMILES string of the molecule is Cl.O=C(c1ccccc1)C(CF)N1CCCC1. The van der Waals surface area contributed by atoms with Gasteiger partial charge < -0.3 is 0 Å². The van der Waals surface area contributed by atoms with Crippen LogP contribution in [0.2, 0.25) is 0 Å². The van der Waals surface area contributed by atoms with Crippen LogP contribution in [0.4, 0.5) is 4.39 Å². The van der Waals surface area contributed by atoms with Gasteiger partial charge in [0.15, 0.2) is 5.78 Å². The summed E-state index contributed by atoms with van der Waals surface area (Å²) < 4.78 is 13.0. The number of ketones is 1. The topological polar surface area (TPSA) is 20.3 Å². The van der Waals surface area contributed by atoms with Gasteiger partial charge >= 0.3 is 0 Å². The molecule has 1 fully saturated rings. The molecule has 2 rings (SSSR count). The van der Waals surface area contributed by atoms with E-state index in [1.807, 2.05) is 23.1 Å². The Balaban J connectivity index is 0.00000144. The largest absolute Gasteiger partial charge is 0.292 e. The summed E-state index contributed by atoms with van der Waals surface area (Å²) in [6.45, 7) is 1.09. The van der Waals surface area contributed by atoms with Crippen molar-refractivity contribution in [3.05, 3.63) is 35.9 Å². The second-order valence-corrected chi connectivity index (χ2v) is 4.14. The van der Waals surface area contributed by atoms with Crippen molar-refractivity contribution in [1.82, 2.24) is 4.90 Å². The van der Waals surface area contributed by atoms with Crippen LogP contribution in [0, 0.1) is 0 Å². The van der Waals surface area contributed by atoms with Crippen LogP contribution in [0.15, 0.2) is 30.3 Å². The minimum atomic E-state index is -0.590. The fraction of sp³-hybridized carbons (Fsp3) is 0.462. The Morgan fingerprint density at radius 1 is 1.24 bits per heavy atom. The summed E-state index contributed by atoms with van der Waals surface area (Å²) in [5.41, 5.74) is 0.608. The fourth-order valence-corrected chi connectivity index (χ4v) is 2.18. The normalized spacial score (nSPS) is 17.5. The number of carbonyl (C=O) groups is 1. The van der Waals surface area contributed by atoms with Gasteiger partial charge in [-0.3, -0.25) is 9.69 Å². The van der Waals surface area contributed by atoms with E-state index in [1.54, 1.807) is 12.1 Å². The van der Waals surface area contributed by atoms with Gasteiger partial charge in [0, 0.05) is 5.56 Å². The molecule has 1 unspecified atom stereocenters. The second kappa shape index (κ2) is 6.72. The highest BCUT2D eigenvalue weighted by atomic mass is 35.5. The molecule has 0 aromatic heterocycles. The van der Waals surface area contributed by atoms with E-state index in [4.69, 9.17) is 0 Å². The predicted molar refractivity (Wildman–Crippen MR) is 68.6 cm³/mol. The molecule has 1 aromatic carbocycles. The molecule has 1 aliphatic heterocycles. The summed E-state index contributed by atoms with van der Waals surface area (Å²) in [4.78, 5) is 14.0. The van der Waals surface area contributed by atoms with Crippen molar-refractivity contribution >= 4 is 18.2 Å². The molecule has 0 spiro atoms. The van der Waals surface area contributed by atoms with Crippen LogP contribution in [0.25, 0.3) is 0 Å². The summed E-state index contributed by atoms with van der Waals surface area (Å²) in [7, 11) is 0. The van der Waals surface area contributed by atoms with Gasteiger partial charge in [0.2, 0.25) is 0 Å². The van der Waals surface area contributed by atoms with E-state index >= 15 is 0 Å². The lowest BCUT2D eigenvalue weighted by molar-refractivity contribution is 0.0815. The van der Waals surface area contributed by atoms with E-state index in [0.29, 0.717) is 5.56 Å². The average molecular weight is 258 g/mol. The Morgan fingerprint density at radius 2 is 1.82 bits per heavy atom. The number of hydrogen-bond donors (Lipinski definition) is 0. The highest BCUT2D eigenvalue weighted by molar-refractivity contribution is 6.00. The zero-order chi connectivity index (χ0) is 11.4. The minimum absolute atomic E-state index is 0. The zero-order valence-electron chi connectivity index (χ0n) is 9.64. The number of likely N-dealkylation sites (tertiary alicyclic amines) is 1. The second-order valence-electron chi connectivity index (χ2n) is 4.14. The molecule has 0 radical (unpaired) electrons. The van der Waals surface area contributed by atoms with Gasteiger partial charge in [-0.1, -0.05) is 30.3 Å². The number of benzene rings is 1.